The Bertz CT molecular complexity index is 223. The summed E-state index contributed by atoms with van der Waals surface area (Å²) in [6.45, 7) is 7.52. The number of hydrogen-bond donors (Lipinski definition) is 0. The van der Waals surface area contributed by atoms with Gasteiger partial charge in [0, 0.05) is 0 Å². The minimum atomic E-state index is 0.319. The molecular weight excluding hydrogens is 200 g/mol. The Balaban J connectivity index is 1.77. The molecule has 0 spiro atoms. The van der Waals surface area contributed by atoms with Crippen LogP contribution in [0.2, 0.25) is 0 Å². The zero-order valence-corrected chi connectivity index (χ0v) is 9.94. The van der Waals surface area contributed by atoms with Gasteiger partial charge in [0.15, 0.2) is 0 Å². The largest absolute Gasteiger partial charge is 0.372 e. The summed E-state index contributed by atoms with van der Waals surface area (Å²) in [5.41, 5.74) is 0. The molecule has 90 valence electrons. The second kappa shape index (κ2) is 5.65. The lowest BCUT2D eigenvalue weighted by molar-refractivity contribution is -0.0633. The Morgan fingerprint density at radius 3 is 1.62 bits per heavy atom. The minimum Gasteiger partial charge on any atom is -0.372 e. The molecule has 2 nitrogen and oxygen atoms in total. The second-order valence-corrected chi connectivity index (χ2v) is 4.80. The van der Waals surface area contributed by atoms with E-state index in [-0.39, 0.29) is 0 Å². The number of ether oxygens (including phenoxy) is 2. The van der Waals surface area contributed by atoms with E-state index < -0.39 is 0 Å². The van der Waals surface area contributed by atoms with Gasteiger partial charge in [0.2, 0.25) is 0 Å². The summed E-state index contributed by atoms with van der Waals surface area (Å²) >= 11 is 0. The molecule has 2 heteroatoms. The number of hydrogen-bond acceptors (Lipinski definition) is 2. The molecule has 16 heavy (non-hydrogen) atoms. The zero-order valence-electron chi connectivity index (χ0n) is 9.94. The molecule has 4 atom stereocenters. The van der Waals surface area contributed by atoms with Crippen molar-refractivity contribution in [1.29, 1.82) is 0 Å². The lowest BCUT2D eigenvalue weighted by Gasteiger charge is -2.20. The van der Waals surface area contributed by atoms with Gasteiger partial charge in [-0.1, -0.05) is 12.2 Å². The molecule has 0 radical (unpaired) electrons. The third kappa shape index (κ3) is 2.74. The molecule has 2 fully saturated rings. The van der Waals surface area contributed by atoms with E-state index in [4.69, 9.17) is 9.47 Å². The molecule has 0 aromatic heterocycles. The van der Waals surface area contributed by atoms with E-state index in [9.17, 15) is 0 Å². The standard InChI is InChI=1S/C14H22O2/c1-3-5-11-7-9-13(15-11)14-10-8-12(16-14)6-4-2/h3-4,11-14H,1-2,5-10H2/t11-,12-,13-,14+/m0/s1. The van der Waals surface area contributed by atoms with Crippen LogP contribution in [0.25, 0.3) is 0 Å². The molecule has 0 aromatic rings. The van der Waals surface area contributed by atoms with E-state index in [1.165, 1.54) is 0 Å². The van der Waals surface area contributed by atoms with Gasteiger partial charge in [-0.2, -0.15) is 0 Å². The first-order valence-electron chi connectivity index (χ1n) is 6.36. The fraction of sp³-hybridized carbons (Fsp3) is 0.714. The quantitative estimate of drug-likeness (QED) is 0.665. The van der Waals surface area contributed by atoms with Crippen LogP contribution in [0.1, 0.15) is 38.5 Å². The summed E-state index contributed by atoms with van der Waals surface area (Å²) in [6.07, 6.45) is 11.8. The van der Waals surface area contributed by atoms with E-state index in [0.717, 1.165) is 38.5 Å². The van der Waals surface area contributed by atoms with Gasteiger partial charge >= 0.3 is 0 Å². The Kier molecular flexibility index (Phi) is 4.19. The van der Waals surface area contributed by atoms with Gasteiger partial charge in [0.25, 0.3) is 0 Å². The summed E-state index contributed by atoms with van der Waals surface area (Å²) in [5, 5.41) is 0. The van der Waals surface area contributed by atoms with Gasteiger partial charge in [-0.15, -0.1) is 13.2 Å². The molecule has 0 aromatic carbocycles. The van der Waals surface area contributed by atoms with Crippen molar-refractivity contribution >= 4 is 0 Å². The monoisotopic (exact) mass is 222 g/mol. The SMILES string of the molecule is C=CC[C@H]1CC[C@@H]([C@H]2CC[C@H](CC=C)O2)O1. The van der Waals surface area contributed by atoms with Crippen molar-refractivity contribution in [2.24, 2.45) is 0 Å². The van der Waals surface area contributed by atoms with E-state index in [2.05, 4.69) is 13.2 Å². The van der Waals surface area contributed by atoms with Gasteiger partial charge < -0.3 is 9.47 Å². The smallest absolute Gasteiger partial charge is 0.0841 e. The van der Waals surface area contributed by atoms with Crippen molar-refractivity contribution in [3.63, 3.8) is 0 Å². The Hall–Kier alpha value is -0.600. The summed E-state index contributed by atoms with van der Waals surface area (Å²) in [7, 11) is 0. The first-order chi connectivity index (χ1) is 7.83. The minimum absolute atomic E-state index is 0.319. The summed E-state index contributed by atoms with van der Waals surface area (Å²) < 4.78 is 12.0. The Labute approximate surface area is 98.3 Å². The van der Waals surface area contributed by atoms with E-state index >= 15 is 0 Å². The average Bonchev–Trinajstić information content (AvgIpc) is 2.87. The van der Waals surface area contributed by atoms with Crippen LogP contribution in [0.15, 0.2) is 25.3 Å². The van der Waals surface area contributed by atoms with Gasteiger partial charge in [-0.25, -0.2) is 0 Å². The van der Waals surface area contributed by atoms with E-state index in [1.807, 2.05) is 12.2 Å². The third-order valence-corrected chi connectivity index (χ3v) is 3.55. The Morgan fingerprint density at radius 2 is 1.25 bits per heavy atom. The van der Waals surface area contributed by atoms with Crippen molar-refractivity contribution in [3.8, 4) is 0 Å². The van der Waals surface area contributed by atoms with Crippen LogP contribution in [0, 0.1) is 0 Å². The topological polar surface area (TPSA) is 18.5 Å². The highest BCUT2D eigenvalue weighted by Gasteiger charge is 2.36. The van der Waals surface area contributed by atoms with E-state index in [1.54, 1.807) is 0 Å². The molecule has 2 heterocycles. The van der Waals surface area contributed by atoms with Crippen LogP contribution in [0.3, 0.4) is 0 Å². The maximum absolute atomic E-state index is 5.99. The maximum Gasteiger partial charge on any atom is 0.0841 e. The fourth-order valence-electron chi connectivity index (χ4n) is 2.73. The highest BCUT2D eigenvalue weighted by molar-refractivity contribution is 4.88. The van der Waals surface area contributed by atoms with Gasteiger partial charge in [0.05, 0.1) is 24.4 Å². The van der Waals surface area contributed by atoms with Gasteiger partial charge in [-0.3, -0.25) is 0 Å². The third-order valence-electron chi connectivity index (χ3n) is 3.55. The van der Waals surface area contributed by atoms with Gasteiger partial charge in [-0.05, 0) is 38.5 Å². The van der Waals surface area contributed by atoms with Gasteiger partial charge in [0.1, 0.15) is 0 Å². The second-order valence-electron chi connectivity index (χ2n) is 4.80. The van der Waals surface area contributed by atoms with Crippen LogP contribution in [-0.2, 0) is 9.47 Å². The molecule has 0 unspecified atom stereocenters. The first-order valence-corrected chi connectivity index (χ1v) is 6.36. The van der Waals surface area contributed by atoms with Crippen molar-refractivity contribution in [1.82, 2.24) is 0 Å². The Morgan fingerprint density at radius 1 is 0.812 bits per heavy atom. The van der Waals surface area contributed by atoms with Crippen LogP contribution in [0.5, 0.6) is 0 Å². The highest BCUT2D eigenvalue weighted by Crippen LogP contribution is 2.33. The lowest BCUT2D eigenvalue weighted by Crippen LogP contribution is -2.26. The normalized spacial score (nSPS) is 38.8. The lowest BCUT2D eigenvalue weighted by atomic mass is 10.1. The van der Waals surface area contributed by atoms with Crippen LogP contribution < -0.4 is 0 Å². The predicted molar refractivity (Wildman–Crippen MR) is 65.4 cm³/mol. The van der Waals surface area contributed by atoms with Crippen LogP contribution in [0.4, 0.5) is 0 Å². The fourth-order valence-corrected chi connectivity index (χ4v) is 2.73. The van der Waals surface area contributed by atoms with Crippen molar-refractivity contribution in [3.05, 3.63) is 25.3 Å². The molecule has 2 aliphatic rings. The van der Waals surface area contributed by atoms with E-state index in [0.29, 0.717) is 24.4 Å². The molecule has 0 bridgehead atoms. The zero-order chi connectivity index (χ0) is 11.4. The molecule has 2 saturated heterocycles. The molecule has 2 rings (SSSR count). The summed E-state index contributed by atoms with van der Waals surface area (Å²) in [5.74, 6) is 0. The average molecular weight is 222 g/mol. The molecule has 0 aliphatic carbocycles. The van der Waals surface area contributed by atoms with Crippen molar-refractivity contribution < 1.29 is 9.47 Å². The van der Waals surface area contributed by atoms with Crippen LogP contribution in [-0.4, -0.2) is 24.4 Å². The summed E-state index contributed by atoms with van der Waals surface area (Å²) in [4.78, 5) is 0. The number of rotatable bonds is 5. The van der Waals surface area contributed by atoms with Crippen LogP contribution >= 0.6 is 0 Å². The first kappa shape index (κ1) is 11.9. The van der Waals surface area contributed by atoms with Crippen molar-refractivity contribution in [2.75, 3.05) is 0 Å². The maximum atomic E-state index is 5.99. The summed E-state index contributed by atoms with van der Waals surface area (Å²) in [6, 6.07) is 0. The highest BCUT2D eigenvalue weighted by atomic mass is 16.6. The molecule has 0 saturated carbocycles. The molecule has 0 N–H and O–H groups in total. The molecule has 2 aliphatic heterocycles. The molecular formula is C14H22O2. The van der Waals surface area contributed by atoms with Crippen molar-refractivity contribution in [2.45, 2.75) is 62.9 Å². The molecule has 0 amide bonds. The predicted octanol–water partition coefficient (Wildman–Crippen LogP) is 3.23.